The molecule has 0 saturated carbocycles. The second-order valence-electron chi connectivity index (χ2n) is 3.95. The molecule has 0 bridgehead atoms. The Bertz CT molecular complexity index is 536. The van der Waals surface area contributed by atoms with Crippen molar-refractivity contribution in [1.29, 1.82) is 0 Å². The number of hydrogen-bond acceptors (Lipinski definition) is 4. The lowest BCUT2D eigenvalue weighted by molar-refractivity contribution is -0.140. The number of aromatic nitrogens is 2. The summed E-state index contributed by atoms with van der Waals surface area (Å²) in [6.45, 7) is 3.53. The minimum atomic E-state index is -0.189. The van der Waals surface area contributed by atoms with Crippen molar-refractivity contribution in [3.8, 4) is 0 Å². The molecule has 2 heterocycles. The fraction of sp³-hybridized carbons (Fsp3) is 0.385. The Morgan fingerprint density at radius 2 is 2.33 bits per heavy atom. The fourth-order valence-electron chi connectivity index (χ4n) is 1.95. The SMILES string of the molecule is CCN(CCC(=O)OC)c1cccc2nccn12. The van der Waals surface area contributed by atoms with Gasteiger partial charge in [-0.05, 0) is 19.1 Å². The maximum absolute atomic E-state index is 11.2. The van der Waals surface area contributed by atoms with E-state index in [0.717, 1.165) is 18.0 Å². The van der Waals surface area contributed by atoms with E-state index in [1.165, 1.54) is 7.11 Å². The predicted molar refractivity (Wildman–Crippen MR) is 69.7 cm³/mol. The summed E-state index contributed by atoms with van der Waals surface area (Å²) in [5.41, 5.74) is 0.906. The van der Waals surface area contributed by atoms with Crippen molar-refractivity contribution in [2.45, 2.75) is 13.3 Å². The van der Waals surface area contributed by atoms with E-state index >= 15 is 0 Å². The molecule has 0 N–H and O–H groups in total. The fourth-order valence-corrected chi connectivity index (χ4v) is 1.95. The van der Waals surface area contributed by atoms with Crippen LogP contribution in [-0.4, -0.2) is 35.6 Å². The highest BCUT2D eigenvalue weighted by atomic mass is 16.5. The Hall–Kier alpha value is -2.04. The molecule has 5 nitrogen and oxygen atoms in total. The number of hydrogen-bond donors (Lipinski definition) is 0. The summed E-state index contributed by atoms with van der Waals surface area (Å²) < 4.78 is 6.68. The van der Waals surface area contributed by atoms with Crippen molar-refractivity contribution < 1.29 is 9.53 Å². The van der Waals surface area contributed by atoms with E-state index < -0.39 is 0 Å². The number of rotatable bonds is 5. The van der Waals surface area contributed by atoms with E-state index in [4.69, 9.17) is 0 Å². The number of anilines is 1. The quantitative estimate of drug-likeness (QED) is 0.755. The minimum Gasteiger partial charge on any atom is -0.469 e. The molecule has 0 radical (unpaired) electrons. The van der Waals surface area contributed by atoms with Gasteiger partial charge >= 0.3 is 5.97 Å². The zero-order valence-electron chi connectivity index (χ0n) is 10.7. The normalized spacial score (nSPS) is 10.6. The van der Waals surface area contributed by atoms with Crippen LogP contribution in [0.25, 0.3) is 5.65 Å². The Kier molecular flexibility index (Phi) is 3.82. The van der Waals surface area contributed by atoms with Crippen LogP contribution < -0.4 is 4.90 Å². The van der Waals surface area contributed by atoms with Crippen LogP contribution in [0.2, 0.25) is 0 Å². The number of esters is 1. The van der Waals surface area contributed by atoms with Gasteiger partial charge < -0.3 is 9.64 Å². The average molecular weight is 247 g/mol. The molecule has 0 fully saturated rings. The second kappa shape index (κ2) is 5.53. The van der Waals surface area contributed by atoms with E-state index in [2.05, 4.69) is 21.5 Å². The van der Waals surface area contributed by atoms with Gasteiger partial charge in [0, 0.05) is 25.5 Å². The molecule has 0 aliphatic heterocycles. The third kappa shape index (κ3) is 2.45. The van der Waals surface area contributed by atoms with Crippen LogP contribution in [0.5, 0.6) is 0 Å². The van der Waals surface area contributed by atoms with Gasteiger partial charge in [-0.15, -0.1) is 0 Å². The van der Waals surface area contributed by atoms with E-state index in [1.807, 2.05) is 28.8 Å². The highest BCUT2D eigenvalue weighted by Gasteiger charge is 2.10. The molecule has 0 atom stereocenters. The van der Waals surface area contributed by atoms with Crippen LogP contribution in [0, 0.1) is 0 Å². The number of carbonyl (C=O) groups excluding carboxylic acids is 1. The topological polar surface area (TPSA) is 46.8 Å². The standard InChI is InChI=1S/C13H17N3O2/c1-3-15(9-7-13(17)18-2)12-6-4-5-11-14-8-10-16(11)12/h4-6,8,10H,3,7,9H2,1-2H3. The lowest BCUT2D eigenvalue weighted by Gasteiger charge is -2.23. The molecule has 0 aliphatic carbocycles. The van der Waals surface area contributed by atoms with Crippen molar-refractivity contribution in [1.82, 2.24) is 9.38 Å². The first-order valence-corrected chi connectivity index (χ1v) is 6.00. The summed E-state index contributed by atoms with van der Waals surface area (Å²) in [6.07, 6.45) is 4.08. The van der Waals surface area contributed by atoms with Gasteiger partial charge in [-0.25, -0.2) is 4.98 Å². The van der Waals surface area contributed by atoms with E-state index in [0.29, 0.717) is 13.0 Å². The maximum atomic E-state index is 11.2. The molecule has 96 valence electrons. The van der Waals surface area contributed by atoms with Gasteiger partial charge in [-0.1, -0.05) is 6.07 Å². The van der Waals surface area contributed by atoms with Crippen molar-refractivity contribution in [3.05, 3.63) is 30.6 Å². The Morgan fingerprint density at radius 1 is 1.50 bits per heavy atom. The number of fused-ring (bicyclic) bond motifs is 1. The average Bonchev–Trinajstić information content (AvgIpc) is 2.88. The van der Waals surface area contributed by atoms with Crippen LogP contribution in [0.3, 0.4) is 0 Å². The Morgan fingerprint density at radius 3 is 3.06 bits per heavy atom. The maximum Gasteiger partial charge on any atom is 0.307 e. The molecule has 2 aromatic heterocycles. The molecule has 0 aromatic carbocycles. The third-order valence-electron chi connectivity index (χ3n) is 2.93. The molecule has 18 heavy (non-hydrogen) atoms. The highest BCUT2D eigenvalue weighted by molar-refractivity contribution is 5.70. The number of methoxy groups -OCH3 is 1. The van der Waals surface area contributed by atoms with Crippen molar-refractivity contribution >= 4 is 17.4 Å². The summed E-state index contributed by atoms with van der Waals surface area (Å²) in [6, 6.07) is 5.95. The van der Waals surface area contributed by atoms with Gasteiger partial charge in [0.25, 0.3) is 0 Å². The number of carbonyl (C=O) groups is 1. The van der Waals surface area contributed by atoms with Crippen molar-refractivity contribution in [2.24, 2.45) is 0 Å². The number of pyridine rings is 1. The van der Waals surface area contributed by atoms with Gasteiger partial charge in [0.1, 0.15) is 11.5 Å². The Labute approximate surface area is 106 Å². The van der Waals surface area contributed by atoms with E-state index in [1.54, 1.807) is 6.20 Å². The predicted octanol–water partition coefficient (Wildman–Crippen LogP) is 1.72. The Balaban J connectivity index is 2.21. The molecule has 0 unspecified atom stereocenters. The molecular weight excluding hydrogens is 230 g/mol. The first-order valence-electron chi connectivity index (χ1n) is 6.00. The van der Waals surface area contributed by atoms with E-state index in [-0.39, 0.29) is 5.97 Å². The minimum absolute atomic E-state index is 0.189. The van der Waals surface area contributed by atoms with Gasteiger partial charge in [0.05, 0.1) is 13.5 Å². The summed E-state index contributed by atoms with van der Waals surface area (Å²) in [5, 5.41) is 0. The number of ether oxygens (including phenoxy) is 1. The lowest BCUT2D eigenvalue weighted by atomic mass is 10.3. The number of nitrogens with zero attached hydrogens (tertiary/aromatic N) is 3. The van der Waals surface area contributed by atoms with Gasteiger partial charge in [-0.2, -0.15) is 0 Å². The van der Waals surface area contributed by atoms with Crippen LogP contribution in [0.4, 0.5) is 5.82 Å². The molecule has 0 saturated heterocycles. The second-order valence-corrected chi connectivity index (χ2v) is 3.95. The first kappa shape index (κ1) is 12.4. The lowest BCUT2D eigenvalue weighted by Crippen LogP contribution is -2.27. The van der Waals surface area contributed by atoms with Gasteiger partial charge in [0.15, 0.2) is 0 Å². The zero-order valence-corrected chi connectivity index (χ0v) is 10.7. The molecule has 0 amide bonds. The summed E-state index contributed by atoms with van der Waals surface area (Å²) in [4.78, 5) is 17.6. The van der Waals surface area contributed by atoms with Gasteiger partial charge in [-0.3, -0.25) is 9.20 Å². The molecule has 2 aromatic rings. The van der Waals surface area contributed by atoms with Crippen molar-refractivity contribution in [2.75, 3.05) is 25.1 Å². The largest absolute Gasteiger partial charge is 0.469 e. The third-order valence-corrected chi connectivity index (χ3v) is 2.93. The van der Waals surface area contributed by atoms with Crippen molar-refractivity contribution in [3.63, 3.8) is 0 Å². The molecular formula is C13H17N3O2. The summed E-state index contributed by atoms with van der Waals surface area (Å²) in [7, 11) is 1.41. The van der Waals surface area contributed by atoms with Crippen LogP contribution in [-0.2, 0) is 9.53 Å². The summed E-state index contributed by atoms with van der Waals surface area (Å²) >= 11 is 0. The van der Waals surface area contributed by atoms with Crippen LogP contribution in [0.1, 0.15) is 13.3 Å². The van der Waals surface area contributed by atoms with Crippen LogP contribution >= 0.6 is 0 Å². The number of imidazole rings is 1. The summed E-state index contributed by atoms with van der Waals surface area (Å²) in [5.74, 6) is 0.850. The molecule has 0 spiro atoms. The smallest absolute Gasteiger partial charge is 0.307 e. The first-order chi connectivity index (χ1) is 8.76. The van der Waals surface area contributed by atoms with Gasteiger partial charge in [0.2, 0.25) is 0 Å². The highest BCUT2D eigenvalue weighted by Crippen LogP contribution is 2.16. The zero-order chi connectivity index (χ0) is 13.0. The van der Waals surface area contributed by atoms with Crippen LogP contribution in [0.15, 0.2) is 30.6 Å². The monoisotopic (exact) mass is 247 g/mol. The molecule has 5 heteroatoms. The molecule has 0 aliphatic rings. The van der Waals surface area contributed by atoms with E-state index in [9.17, 15) is 4.79 Å². The molecule has 2 rings (SSSR count).